The summed E-state index contributed by atoms with van der Waals surface area (Å²) < 4.78 is 96.3. The number of piperidine rings is 4. The first-order chi connectivity index (χ1) is 65.6. The minimum absolute atomic E-state index is 0.00636. The highest BCUT2D eigenvalue weighted by atomic mass is 32.2. The third-order valence-electron chi connectivity index (χ3n) is 28.8. The molecule has 8 aliphatic rings. The number of ketones is 8. The fourth-order valence-electron chi connectivity index (χ4n) is 20.7. The molecule has 4 saturated heterocycles. The number of Topliss-reactive ketones (excluding diaryl/α,β-unsaturated/α-hetero) is 8. The van der Waals surface area contributed by atoms with E-state index >= 15 is 0 Å². The molecule has 0 radical (unpaired) electrons. The van der Waals surface area contributed by atoms with Crippen LogP contribution in [0, 0.1) is 0 Å². The molecular formula is C102H120N12O20S2. The van der Waals surface area contributed by atoms with E-state index < -0.39 is 31.9 Å². The van der Waals surface area contributed by atoms with Crippen LogP contribution in [0.4, 0.5) is 0 Å². The minimum atomic E-state index is -3.12. The summed E-state index contributed by atoms with van der Waals surface area (Å²) in [6.45, 7) is 12.1. The number of nitrogens with one attached hydrogen (secondary N) is 2. The summed E-state index contributed by atoms with van der Waals surface area (Å²) in [5, 5.41) is 34.9. The van der Waals surface area contributed by atoms with Crippen LogP contribution >= 0.6 is 0 Å². The fourth-order valence-corrected chi connectivity index (χ4v) is 22.5. The number of carbonyl (C=O) groups excluding carboxylic acids is 8. The van der Waals surface area contributed by atoms with Gasteiger partial charge in [0.2, 0.25) is 20.0 Å². The van der Waals surface area contributed by atoms with Crippen molar-refractivity contribution in [2.24, 2.45) is 0 Å². The highest BCUT2D eigenvalue weighted by molar-refractivity contribution is 7.88. The number of fused-ring (bicyclic) bond motifs is 12. The number of sulfonamides is 2. The van der Waals surface area contributed by atoms with Crippen LogP contribution < -0.4 is 29.6 Å². The second-order valence-corrected chi connectivity index (χ2v) is 41.7. The first-order valence-corrected chi connectivity index (χ1v) is 51.4. The van der Waals surface area contributed by atoms with Crippen LogP contribution in [0.2, 0.25) is 0 Å². The Hall–Kier alpha value is -11.2. The summed E-state index contributed by atoms with van der Waals surface area (Å²) in [7, 11) is 2.20. The SMILES string of the molecule is CN(CCOc1ccc2c(ccc3onc([C@@H]4CCC(=O)CC4=O)c32)c1)C1CCN(S(C)(=O)=O)CC1.CN(CCOc1ccc2c(ccc3onc([C@@H]4CCC(=O)CC4=O)c32)c1)C1CCNCC1.CN(CCOc1ccc2c(ccc3onc([C@H]4CCC(=O)CC4=O)c32)c1)C1CCN(S(C)(=O)=O)CC1.CN(CCOc1ccc2c(ccc3onc([C@H]4CCC(=O)CC4=O)c32)c1)C1CCNCC1. The molecule has 20 rings (SSSR count). The maximum Gasteiger partial charge on any atom is 0.211 e. The first kappa shape index (κ1) is 96.5. The van der Waals surface area contributed by atoms with Crippen LogP contribution in [0.3, 0.4) is 0 Å². The summed E-state index contributed by atoms with van der Waals surface area (Å²) in [5.41, 5.74) is 5.11. The van der Waals surface area contributed by atoms with Crippen molar-refractivity contribution in [3.05, 3.63) is 144 Å². The molecule has 4 atom stereocenters. The fraction of sp³-hybridized carbons (Fsp3) is 0.490. The molecule has 720 valence electrons. The van der Waals surface area contributed by atoms with Crippen molar-refractivity contribution in [2.75, 3.05) is 146 Å². The molecular weight excluding hydrogens is 1780 g/mol. The number of hydrogen-bond donors (Lipinski definition) is 2. The van der Waals surface area contributed by atoms with Gasteiger partial charge >= 0.3 is 0 Å². The highest BCUT2D eigenvalue weighted by Gasteiger charge is 2.39. The predicted octanol–water partition coefficient (Wildman–Crippen LogP) is 13.1. The monoisotopic (exact) mass is 1900 g/mol. The van der Waals surface area contributed by atoms with E-state index in [1.807, 2.05) is 121 Å². The Labute approximate surface area is 789 Å². The van der Waals surface area contributed by atoms with E-state index in [2.05, 4.69) is 79.1 Å². The van der Waals surface area contributed by atoms with Gasteiger partial charge in [-0.25, -0.2) is 25.4 Å². The Morgan fingerprint density at radius 2 is 0.551 bits per heavy atom. The Balaban J connectivity index is 0.000000126. The van der Waals surface area contributed by atoms with E-state index in [1.54, 1.807) is 8.61 Å². The average Bonchev–Trinajstić information content (AvgIpc) is 1.56. The summed E-state index contributed by atoms with van der Waals surface area (Å²) >= 11 is 0. The van der Waals surface area contributed by atoms with E-state index in [0.717, 1.165) is 166 Å². The van der Waals surface area contributed by atoms with Crippen LogP contribution in [-0.2, 0) is 58.4 Å². The molecule has 4 aliphatic carbocycles. The van der Waals surface area contributed by atoms with E-state index in [0.29, 0.717) is 173 Å². The summed E-state index contributed by atoms with van der Waals surface area (Å²) in [5.74, 6) is 1.26. The van der Waals surface area contributed by atoms with E-state index in [1.165, 1.54) is 38.2 Å². The average molecular weight is 1900 g/mol. The molecule has 0 spiro atoms. The van der Waals surface area contributed by atoms with Crippen molar-refractivity contribution in [3.63, 3.8) is 0 Å². The van der Waals surface area contributed by atoms with E-state index in [4.69, 9.17) is 37.0 Å². The number of benzene rings is 8. The lowest BCUT2D eigenvalue weighted by molar-refractivity contribution is -0.132. The summed E-state index contributed by atoms with van der Waals surface area (Å²) in [4.78, 5) is 106. The molecule has 2 N–H and O–H groups in total. The maximum absolute atomic E-state index is 12.5. The maximum atomic E-state index is 12.5. The van der Waals surface area contributed by atoms with Gasteiger partial charge in [0.15, 0.2) is 22.3 Å². The Kier molecular flexibility index (Phi) is 30.4. The molecule has 34 heteroatoms. The quantitative estimate of drug-likeness (QED) is 0.0475. The summed E-state index contributed by atoms with van der Waals surface area (Å²) in [6.07, 6.45) is 14.0. The molecule has 136 heavy (non-hydrogen) atoms. The van der Waals surface area contributed by atoms with Gasteiger partial charge in [-0.15, -0.1) is 0 Å². The van der Waals surface area contributed by atoms with Crippen LogP contribution in [0.5, 0.6) is 23.0 Å². The third kappa shape index (κ3) is 22.5. The van der Waals surface area contributed by atoms with Crippen LogP contribution in [-0.4, -0.2) is 282 Å². The number of hydrogen-bond acceptors (Lipinski definition) is 30. The molecule has 0 amide bonds. The van der Waals surface area contributed by atoms with Gasteiger partial charge in [-0.1, -0.05) is 44.9 Å². The number of likely N-dealkylation sites (N-methyl/N-ethyl adjacent to an activating group) is 4. The van der Waals surface area contributed by atoms with Crippen molar-refractivity contribution in [3.8, 4) is 23.0 Å². The van der Waals surface area contributed by atoms with Crippen LogP contribution in [0.25, 0.3) is 87.0 Å². The largest absolute Gasteiger partial charge is 0.492 e. The van der Waals surface area contributed by atoms with Crippen molar-refractivity contribution in [1.82, 2.24) is 59.5 Å². The number of aromatic nitrogens is 4. The lowest BCUT2D eigenvalue weighted by Gasteiger charge is -2.35. The lowest BCUT2D eigenvalue weighted by atomic mass is 9.83. The van der Waals surface area contributed by atoms with Gasteiger partial charge in [0.1, 0.15) is 118 Å². The number of rotatable bonds is 26. The van der Waals surface area contributed by atoms with Crippen molar-refractivity contribution in [2.45, 2.75) is 176 Å². The molecule has 8 heterocycles. The van der Waals surface area contributed by atoms with Gasteiger partial charge in [0.05, 0.1) is 83.4 Å². The van der Waals surface area contributed by atoms with Crippen molar-refractivity contribution in [1.29, 1.82) is 0 Å². The van der Waals surface area contributed by atoms with Gasteiger partial charge in [-0.2, -0.15) is 0 Å². The molecule has 4 aliphatic heterocycles. The normalized spacial score (nSPS) is 20.5. The topological polar surface area (TPSA) is 389 Å². The Morgan fingerprint density at radius 3 is 0.772 bits per heavy atom. The predicted molar refractivity (Wildman–Crippen MR) is 516 cm³/mol. The number of carbonyl (C=O) groups is 8. The number of nitrogens with zero attached hydrogens (tertiary/aromatic N) is 10. The second-order valence-electron chi connectivity index (χ2n) is 37.7. The number of ether oxygens (including phenoxy) is 4. The van der Waals surface area contributed by atoms with Crippen LogP contribution in [0.1, 0.15) is 175 Å². The molecule has 12 aromatic rings. The van der Waals surface area contributed by atoms with Crippen molar-refractivity contribution >= 4 is 153 Å². The van der Waals surface area contributed by atoms with Crippen LogP contribution in [0.15, 0.2) is 139 Å². The smallest absolute Gasteiger partial charge is 0.211 e. The zero-order chi connectivity index (χ0) is 95.1. The molecule has 8 fully saturated rings. The minimum Gasteiger partial charge on any atom is -0.492 e. The standard InChI is InChI=1S/2C26H31N3O6S.2C25H29N3O4/c2*1-28(18-9-11-29(12-10-18)36(2,32)33)13-14-34-20-5-7-21-17(15-20)3-8-24-25(21)26(27-35-24)22-6-4-19(30)16-23(22)31;2*1-28(17-8-10-26-11-9-17)12-13-31-19-4-6-20-16(14-19)2-7-23-24(20)25(27-32-23)21-5-3-18(29)15-22(21)30/h2*3,5,7-8,15,18,22H,4,6,9-14,16H2,1-2H3;2*2,4,6-7,14,17,21,26H,3,5,8-13,15H2,1H3/t2*22-;2*21-/m1010/s1. The zero-order valence-corrected chi connectivity index (χ0v) is 79.7. The molecule has 32 nitrogen and oxygen atoms in total. The molecule has 8 aromatic carbocycles. The molecule has 4 aromatic heterocycles. The first-order valence-electron chi connectivity index (χ1n) is 47.7. The summed E-state index contributed by atoms with van der Waals surface area (Å²) in [6, 6.07) is 41.0. The molecule has 0 unspecified atom stereocenters. The van der Waals surface area contributed by atoms with Gasteiger partial charge in [-0.3, -0.25) is 58.0 Å². The third-order valence-corrected chi connectivity index (χ3v) is 31.4. The Bertz CT molecular complexity index is 6300. The lowest BCUT2D eigenvalue weighted by Crippen LogP contribution is -2.46. The van der Waals surface area contributed by atoms with E-state index in [-0.39, 0.29) is 83.8 Å². The highest BCUT2D eigenvalue weighted by Crippen LogP contribution is 2.44. The van der Waals surface area contributed by atoms with Gasteiger partial charge in [0, 0.05) is 102 Å². The van der Waals surface area contributed by atoms with E-state index in [9.17, 15) is 55.2 Å². The molecule has 4 saturated carbocycles. The van der Waals surface area contributed by atoms with Gasteiger partial charge in [-0.05, 0) is 272 Å². The van der Waals surface area contributed by atoms with Crippen molar-refractivity contribution < 1.29 is 92.2 Å². The van der Waals surface area contributed by atoms with Gasteiger partial charge < -0.3 is 47.7 Å². The zero-order valence-electron chi connectivity index (χ0n) is 78.1. The second kappa shape index (κ2) is 42.8. The van der Waals surface area contributed by atoms with Gasteiger partial charge in [0.25, 0.3) is 0 Å². The molecule has 0 bridgehead atoms. The Morgan fingerprint density at radius 1 is 0.324 bits per heavy atom.